The van der Waals surface area contributed by atoms with Crippen molar-refractivity contribution < 1.29 is 13.6 Å². The summed E-state index contributed by atoms with van der Waals surface area (Å²) in [6, 6.07) is 3.29. The first-order chi connectivity index (χ1) is 11.4. The summed E-state index contributed by atoms with van der Waals surface area (Å²) in [6.45, 7) is -2.38. The molecular weight excluding hydrogens is 318 g/mol. The van der Waals surface area contributed by atoms with E-state index in [9.17, 15) is 13.6 Å². The number of anilines is 1. The van der Waals surface area contributed by atoms with Gasteiger partial charge >= 0.3 is 12.6 Å². The predicted molar refractivity (Wildman–Crippen MR) is 85.7 cm³/mol. The Hall–Kier alpha value is -2.71. The highest BCUT2D eigenvalue weighted by Gasteiger charge is 2.16. The fourth-order valence-corrected chi connectivity index (χ4v) is 2.06. The Bertz CT molecular complexity index is 688. The van der Waals surface area contributed by atoms with Gasteiger partial charge in [0, 0.05) is 46.3 Å². The van der Waals surface area contributed by atoms with Gasteiger partial charge in [-0.25, -0.2) is 14.8 Å². The van der Waals surface area contributed by atoms with Gasteiger partial charge in [0.25, 0.3) is 0 Å². The molecule has 0 fully saturated rings. The largest absolute Gasteiger partial charge is 0.363 e. The summed E-state index contributed by atoms with van der Waals surface area (Å²) in [5, 5.41) is 2.74. The van der Waals surface area contributed by atoms with Crippen LogP contribution in [-0.4, -0.2) is 46.6 Å². The van der Waals surface area contributed by atoms with Crippen molar-refractivity contribution in [2.24, 2.45) is 0 Å². The van der Waals surface area contributed by atoms with Crippen molar-refractivity contribution in [3.05, 3.63) is 42.1 Å². The average molecular weight is 338 g/mol. The van der Waals surface area contributed by atoms with Gasteiger partial charge in [-0.3, -0.25) is 4.57 Å². The molecule has 0 atom stereocenters. The molecule has 2 amide bonds. The summed E-state index contributed by atoms with van der Waals surface area (Å²) in [4.78, 5) is 23.3. The van der Waals surface area contributed by atoms with E-state index in [0.29, 0.717) is 6.54 Å². The number of pyridine rings is 1. The van der Waals surface area contributed by atoms with Crippen LogP contribution in [0.15, 0.2) is 30.7 Å². The Labute approximate surface area is 138 Å². The number of aromatic nitrogens is 3. The minimum absolute atomic E-state index is 0.0114. The fraction of sp³-hybridized carbons (Fsp3) is 0.400. The zero-order chi connectivity index (χ0) is 17.7. The zero-order valence-electron chi connectivity index (χ0n) is 13.8. The third-order valence-electron chi connectivity index (χ3n) is 3.40. The standard InChI is InChI=1S/C15H20F2N6O/c1-21(2)12-8-11(4-5-18-12)9-20-15(24)22(3)10-13-19-6-7-23(13)14(16)17/h4-8,14H,9-10H2,1-3H3,(H,20,24). The number of carbonyl (C=O) groups is 1. The quantitative estimate of drug-likeness (QED) is 0.876. The molecule has 0 radical (unpaired) electrons. The SMILES string of the molecule is CN(Cc1nccn1C(F)F)C(=O)NCc1ccnc(N(C)C)c1. The molecule has 0 aliphatic carbocycles. The third-order valence-corrected chi connectivity index (χ3v) is 3.40. The Kier molecular flexibility index (Phi) is 5.67. The number of amides is 2. The van der Waals surface area contributed by atoms with Crippen LogP contribution in [0.2, 0.25) is 0 Å². The smallest absolute Gasteiger partial charge is 0.319 e. The van der Waals surface area contributed by atoms with E-state index in [1.807, 2.05) is 25.1 Å². The molecule has 2 aromatic rings. The molecule has 24 heavy (non-hydrogen) atoms. The summed E-state index contributed by atoms with van der Waals surface area (Å²) in [5.74, 6) is 0.913. The Morgan fingerprint density at radius 2 is 2.04 bits per heavy atom. The number of carbonyl (C=O) groups excluding carboxylic acids is 1. The first kappa shape index (κ1) is 17.6. The Morgan fingerprint density at radius 3 is 2.71 bits per heavy atom. The van der Waals surface area contributed by atoms with Crippen molar-refractivity contribution in [1.82, 2.24) is 24.8 Å². The second-order valence-corrected chi connectivity index (χ2v) is 5.46. The van der Waals surface area contributed by atoms with Gasteiger partial charge in [0.15, 0.2) is 0 Å². The molecule has 2 aromatic heterocycles. The summed E-state index contributed by atoms with van der Waals surface area (Å²) >= 11 is 0. The molecule has 0 saturated heterocycles. The number of nitrogens with one attached hydrogen (secondary N) is 1. The van der Waals surface area contributed by atoms with E-state index < -0.39 is 6.55 Å². The highest BCUT2D eigenvalue weighted by Crippen LogP contribution is 2.13. The average Bonchev–Trinajstić information content (AvgIpc) is 3.01. The van der Waals surface area contributed by atoms with E-state index in [1.54, 1.807) is 12.3 Å². The maximum Gasteiger partial charge on any atom is 0.319 e. The molecule has 0 unspecified atom stereocenters. The summed E-state index contributed by atoms with van der Waals surface area (Å²) < 4.78 is 26.3. The number of imidazole rings is 1. The van der Waals surface area contributed by atoms with Crippen molar-refractivity contribution >= 4 is 11.8 Å². The fourth-order valence-electron chi connectivity index (χ4n) is 2.06. The summed E-state index contributed by atoms with van der Waals surface area (Å²) in [5.41, 5.74) is 0.893. The molecule has 0 aromatic carbocycles. The maximum atomic E-state index is 12.8. The third kappa shape index (κ3) is 4.40. The molecule has 2 heterocycles. The lowest BCUT2D eigenvalue weighted by Gasteiger charge is -2.18. The number of hydrogen-bond donors (Lipinski definition) is 1. The monoisotopic (exact) mass is 338 g/mol. The predicted octanol–water partition coefficient (Wildman–Crippen LogP) is 2.08. The van der Waals surface area contributed by atoms with Crippen molar-refractivity contribution in [3.63, 3.8) is 0 Å². The normalized spacial score (nSPS) is 10.8. The van der Waals surface area contributed by atoms with Gasteiger partial charge in [-0.2, -0.15) is 8.78 Å². The van der Waals surface area contributed by atoms with Crippen LogP contribution in [0.1, 0.15) is 17.9 Å². The van der Waals surface area contributed by atoms with Crippen LogP contribution < -0.4 is 10.2 Å². The minimum Gasteiger partial charge on any atom is -0.363 e. The van der Waals surface area contributed by atoms with E-state index in [-0.39, 0.29) is 18.4 Å². The molecule has 9 heteroatoms. The summed E-state index contributed by atoms with van der Waals surface area (Å²) in [7, 11) is 5.28. The van der Waals surface area contributed by atoms with E-state index in [2.05, 4.69) is 15.3 Å². The molecule has 0 spiro atoms. The Balaban J connectivity index is 1.92. The molecular formula is C15H20F2N6O. The van der Waals surface area contributed by atoms with E-state index in [4.69, 9.17) is 0 Å². The molecule has 0 aliphatic rings. The number of urea groups is 1. The maximum absolute atomic E-state index is 12.8. The van der Waals surface area contributed by atoms with Gasteiger partial charge in [-0.15, -0.1) is 0 Å². The van der Waals surface area contributed by atoms with Crippen LogP contribution in [0.5, 0.6) is 0 Å². The van der Waals surface area contributed by atoms with Gasteiger partial charge in [-0.05, 0) is 17.7 Å². The highest BCUT2D eigenvalue weighted by molar-refractivity contribution is 5.73. The van der Waals surface area contributed by atoms with E-state index in [1.165, 1.54) is 24.3 Å². The first-order valence-electron chi connectivity index (χ1n) is 7.29. The highest BCUT2D eigenvalue weighted by atomic mass is 19.3. The van der Waals surface area contributed by atoms with Crippen molar-refractivity contribution in [1.29, 1.82) is 0 Å². The summed E-state index contributed by atoms with van der Waals surface area (Å²) in [6.07, 6.45) is 4.14. The van der Waals surface area contributed by atoms with Crippen LogP contribution in [0.25, 0.3) is 0 Å². The second kappa shape index (κ2) is 7.71. The Morgan fingerprint density at radius 1 is 1.29 bits per heavy atom. The van der Waals surface area contributed by atoms with Gasteiger partial charge in [0.2, 0.25) is 0 Å². The zero-order valence-corrected chi connectivity index (χ0v) is 13.8. The van der Waals surface area contributed by atoms with Crippen LogP contribution in [0, 0.1) is 0 Å². The number of hydrogen-bond acceptors (Lipinski definition) is 4. The number of rotatable bonds is 6. The number of nitrogens with zero attached hydrogens (tertiary/aromatic N) is 5. The first-order valence-corrected chi connectivity index (χ1v) is 7.29. The lowest BCUT2D eigenvalue weighted by atomic mass is 10.2. The topological polar surface area (TPSA) is 66.3 Å². The molecule has 7 nitrogen and oxygen atoms in total. The van der Waals surface area contributed by atoms with Crippen LogP contribution in [0.3, 0.4) is 0 Å². The number of alkyl halides is 2. The van der Waals surface area contributed by atoms with Gasteiger partial charge in [0.05, 0.1) is 6.54 Å². The van der Waals surface area contributed by atoms with Gasteiger partial charge < -0.3 is 15.1 Å². The van der Waals surface area contributed by atoms with E-state index in [0.717, 1.165) is 15.9 Å². The minimum atomic E-state index is -2.68. The van der Waals surface area contributed by atoms with Crippen molar-refractivity contribution in [2.45, 2.75) is 19.6 Å². The second-order valence-electron chi connectivity index (χ2n) is 5.46. The van der Waals surface area contributed by atoms with Crippen molar-refractivity contribution in [2.75, 3.05) is 26.0 Å². The van der Waals surface area contributed by atoms with Gasteiger partial charge in [0.1, 0.15) is 11.6 Å². The van der Waals surface area contributed by atoms with Crippen LogP contribution >= 0.6 is 0 Å². The van der Waals surface area contributed by atoms with Gasteiger partial charge in [-0.1, -0.05) is 0 Å². The molecule has 130 valence electrons. The molecule has 0 bridgehead atoms. The van der Waals surface area contributed by atoms with Crippen LogP contribution in [-0.2, 0) is 13.1 Å². The molecule has 2 rings (SSSR count). The van der Waals surface area contributed by atoms with Crippen LogP contribution in [0.4, 0.5) is 19.4 Å². The number of halogens is 2. The molecule has 0 aliphatic heterocycles. The van der Waals surface area contributed by atoms with Crippen molar-refractivity contribution in [3.8, 4) is 0 Å². The lowest BCUT2D eigenvalue weighted by molar-refractivity contribution is 0.0651. The van der Waals surface area contributed by atoms with E-state index >= 15 is 0 Å². The molecule has 0 saturated carbocycles. The lowest BCUT2D eigenvalue weighted by Crippen LogP contribution is -2.37. The molecule has 1 N–H and O–H groups in total.